The standard InChI is InChI=1S/C13H14N4O4/c18-13-9-4-11(17(19)20)12(5-10(9)15-7-16-13)21-8-2-1-3-14-6-8/h4-5,7-8,14H,1-3,6H2,(H,15,16,18). The number of ether oxygens (including phenoxy) is 1. The zero-order valence-electron chi connectivity index (χ0n) is 11.2. The monoisotopic (exact) mass is 290 g/mol. The second-order valence-corrected chi connectivity index (χ2v) is 4.91. The van der Waals surface area contributed by atoms with Crippen molar-refractivity contribution in [2.45, 2.75) is 18.9 Å². The van der Waals surface area contributed by atoms with Gasteiger partial charge in [-0.25, -0.2) is 4.98 Å². The number of nitrogens with zero attached hydrogens (tertiary/aromatic N) is 2. The minimum Gasteiger partial charge on any atom is -0.482 e. The van der Waals surface area contributed by atoms with E-state index in [0.29, 0.717) is 12.1 Å². The molecule has 3 rings (SSSR count). The summed E-state index contributed by atoms with van der Waals surface area (Å²) in [6, 6.07) is 2.67. The summed E-state index contributed by atoms with van der Waals surface area (Å²) in [6.45, 7) is 1.58. The van der Waals surface area contributed by atoms with Crippen molar-refractivity contribution in [2.75, 3.05) is 13.1 Å². The van der Waals surface area contributed by atoms with E-state index in [2.05, 4.69) is 15.3 Å². The average molecular weight is 290 g/mol. The molecule has 0 saturated carbocycles. The number of nitrogens with one attached hydrogen (secondary N) is 2. The number of hydrogen-bond donors (Lipinski definition) is 2. The summed E-state index contributed by atoms with van der Waals surface area (Å²) < 4.78 is 5.74. The zero-order chi connectivity index (χ0) is 14.8. The summed E-state index contributed by atoms with van der Waals surface area (Å²) in [5, 5.41) is 14.6. The summed E-state index contributed by atoms with van der Waals surface area (Å²) in [4.78, 5) is 28.8. The predicted molar refractivity (Wildman–Crippen MR) is 75.5 cm³/mol. The van der Waals surface area contributed by atoms with Crippen molar-refractivity contribution in [1.82, 2.24) is 15.3 Å². The van der Waals surface area contributed by atoms with Crippen molar-refractivity contribution < 1.29 is 9.66 Å². The average Bonchev–Trinajstić information content (AvgIpc) is 2.48. The molecule has 1 fully saturated rings. The normalized spacial score (nSPS) is 18.6. The highest BCUT2D eigenvalue weighted by molar-refractivity contribution is 5.82. The van der Waals surface area contributed by atoms with Gasteiger partial charge in [0.25, 0.3) is 5.56 Å². The number of nitro groups is 1. The molecule has 0 bridgehead atoms. The molecule has 110 valence electrons. The fraction of sp³-hybridized carbons (Fsp3) is 0.385. The molecule has 2 heterocycles. The van der Waals surface area contributed by atoms with Crippen molar-refractivity contribution in [2.24, 2.45) is 0 Å². The maximum atomic E-state index is 11.7. The lowest BCUT2D eigenvalue weighted by atomic mass is 10.1. The molecule has 8 heteroatoms. The molecule has 1 atom stereocenters. The van der Waals surface area contributed by atoms with Gasteiger partial charge in [-0.15, -0.1) is 0 Å². The molecule has 1 unspecified atom stereocenters. The first-order valence-electron chi connectivity index (χ1n) is 6.68. The number of aromatic amines is 1. The van der Waals surface area contributed by atoms with Gasteiger partial charge in [0, 0.05) is 18.7 Å². The fourth-order valence-corrected chi connectivity index (χ4v) is 2.42. The number of nitro benzene ring substituents is 1. The van der Waals surface area contributed by atoms with Crippen LogP contribution in [0.4, 0.5) is 5.69 Å². The maximum absolute atomic E-state index is 11.7. The quantitative estimate of drug-likeness (QED) is 0.643. The molecular weight excluding hydrogens is 276 g/mol. The molecule has 0 aliphatic carbocycles. The highest BCUT2D eigenvalue weighted by Gasteiger charge is 2.22. The Balaban J connectivity index is 2.05. The lowest BCUT2D eigenvalue weighted by molar-refractivity contribution is -0.385. The minimum atomic E-state index is -0.544. The Morgan fingerprint density at radius 3 is 3.00 bits per heavy atom. The number of piperidine rings is 1. The Bertz CT molecular complexity index is 737. The molecule has 1 aromatic heterocycles. The van der Waals surface area contributed by atoms with Gasteiger partial charge >= 0.3 is 5.69 Å². The van der Waals surface area contributed by atoms with Crippen LogP contribution in [0.2, 0.25) is 0 Å². The van der Waals surface area contributed by atoms with E-state index in [1.165, 1.54) is 18.5 Å². The molecule has 1 aromatic carbocycles. The van der Waals surface area contributed by atoms with E-state index < -0.39 is 10.5 Å². The Kier molecular flexibility index (Phi) is 3.53. The molecule has 1 saturated heterocycles. The van der Waals surface area contributed by atoms with Crippen LogP contribution in [0.25, 0.3) is 10.9 Å². The van der Waals surface area contributed by atoms with Gasteiger partial charge in [-0.3, -0.25) is 14.9 Å². The van der Waals surface area contributed by atoms with Crippen LogP contribution in [-0.4, -0.2) is 34.1 Å². The summed E-state index contributed by atoms with van der Waals surface area (Å²) in [7, 11) is 0. The molecular formula is C13H14N4O4. The van der Waals surface area contributed by atoms with Crippen LogP contribution in [0.1, 0.15) is 12.8 Å². The first-order valence-corrected chi connectivity index (χ1v) is 6.68. The van der Waals surface area contributed by atoms with Crippen LogP contribution < -0.4 is 15.6 Å². The van der Waals surface area contributed by atoms with Crippen LogP contribution in [0.5, 0.6) is 5.75 Å². The summed E-state index contributed by atoms with van der Waals surface area (Å²) in [6.07, 6.45) is 2.95. The third-order valence-corrected chi connectivity index (χ3v) is 3.46. The van der Waals surface area contributed by atoms with E-state index in [1.54, 1.807) is 0 Å². The molecule has 2 N–H and O–H groups in total. The number of hydrogen-bond acceptors (Lipinski definition) is 6. The van der Waals surface area contributed by atoms with E-state index >= 15 is 0 Å². The van der Waals surface area contributed by atoms with Gasteiger partial charge in [0.15, 0.2) is 5.75 Å². The number of H-pyrrole nitrogens is 1. The Labute approximate surface area is 119 Å². The van der Waals surface area contributed by atoms with Gasteiger partial charge < -0.3 is 15.0 Å². The largest absolute Gasteiger partial charge is 0.482 e. The van der Waals surface area contributed by atoms with E-state index in [-0.39, 0.29) is 22.9 Å². The predicted octanol–water partition coefficient (Wildman–Crippen LogP) is 0.962. The number of fused-ring (bicyclic) bond motifs is 1. The number of aromatic nitrogens is 2. The third-order valence-electron chi connectivity index (χ3n) is 3.46. The number of benzene rings is 1. The lowest BCUT2D eigenvalue weighted by Gasteiger charge is -2.23. The Morgan fingerprint density at radius 2 is 2.29 bits per heavy atom. The highest BCUT2D eigenvalue weighted by Crippen LogP contribution is 2.31. The van der Waals surface area contributed by atoms with Gasteiger partial charge in [0.2, 0.25) is 0 Å². The molecule has 21 heavy (non-hydrogen) atoms. The maximum Gasteiger partial charge on any atom is 0.311 e. The first kappa shape index (κ1) is 13.5. The topological polar surface area (TPSA) is 110 Å². The van der Waals surface area contributed by atoms with E-state index in [1.807, 2.05) is 0 Å². The minimum absolute atomic E-state index is 0.114. The number of rotatable bonds is 3. The summed E-state index contributed by atoms with van der Waals surface area (Å²) >= 11 is 0. The molecule has 0 radical (unpaired) electrons. The van der Waals surface area contributed by atoms with E-state index in [4.69, 9.17) is 4.74 Å². The molecule has 0 spiro atoms. The van der Waals surface area contributed by atoms with Crippen LogP contribution in [0, 0.1) is 10.1 Å². The highest BCUT2D eigenvalue weighted by atomic mass is 16.6. The smallest absolute Gasteiger partial charge is 0.311 e. The van der Waals surface area contributed by atoms with Crippen molar-refractivity contribution in [3.05, 3.63) is 38.9 Å². The van der Waals surface area contributed by atoms with Crippen molar-refractivity contribution in [3.63, 3.8) is 0 Å². The van der Waals surface area contributed by atoms with Crippen LogP contribution in [-0.2, 0) is 0 Å². The zero-order valence-corrected chi connectivity index (χ0v) is 11.2. The molecule has 1 aliphatic heterocycles. The Hall–Kier alpha value is -2.48. The third kappa shape index (κ3) is 2.70. The van der Waals surface area contributed by atoms with Gasteiger partial charge in [-0.1, -0.05) is 0 Å². The molecule has 2 aromatic rings. The SMILES string of the molecule is O=c1[nH]cnc2cc(OC3CCCNC3)c([N+](=O)[O-])cc12. The van der Waals surface area contributed by atoms with Gasteiger partial charge in [0.1, 0.15) is 6.10 Å². The van der Waals surface area contributed by atoms with Gasteiger partial charge in [-0.2, -0.15) is 0 Å². The summed E-state index contributed by atoms with van der Waals surface area (Å²) in [5.74, 6) is 0.152. The Morgan fingerprint density at radius 1 is 1.43 bits per heavy atom. The van der Waals surface area contributed by atoms with Crippen molar-refractivity contribution in [3.8, 4) is 5.75 Å². The van der Waals surface area contributed by atoms with Gasteiger partial charge in [0.05, 0.1) is 22.2 Å². The van der Waals surface area contributed by atoms with E-state index in [0.717, 1.165) is 19.4 Å². The van der Waals surface area contributed by atoms with E-state index in [9.17, 15) is 14.9 Å². The first-order chi connectivity index (χ1) is 10.1. The van der Waals surface area contributed by atoms with Crippen LogP contribution >= 0.6 is 0 Å². The second-order valence-electron chi connectivity index (χ2n) is 4.91. The van der Waals surface area contributed by atoms with Crippen LogP contribution in [0.3, 0.4) is 0 Å². The van der Waals surface area contributed by atoms with Crippen molar-refractivity contribution >= 4 is 16.6 Å². The summed E-state index contributed by atoms with van der Waals surface area (Å²) in [5.41, 5.74) is -0.247. The van der Waals surface area contributed by atoms with Gasteiger partial charge in [-0.05, 0) is 19.4 Å². The second kappa shape index (κ2) is 5.49. The molecule has 1 aliphatic rings. The molecule has 0 amide bonds. The van der Waals surface area contributed by atoms with Crippen LogP contribution in [0.15, 0.2) is 23.3 Å². The lowest BCUT2D eigenvalue weighted by Crippen LogP contribution is -2.37. The fourth-order valence-electron chi connectivity index (χ4n) is 2.42. The van der Waals surface area contributed by atoms with Crippen molar-refractivity contribution in [1.29, 1.82) is 0 Å². The molecule has 8 nitrogen and oxygen atoms in total.